The van der Waals surface area contributed by atoms with Crippen molar-refractivity contribution in [3.63, 3.8) is 0 Å². The second-order valence-electron chi connectivity index (χ2n) is 6.85. The van der Waals surface area contributed by atoms with Crippen LogP contribution in [0.1, 0.15) is 21.6 Å². The number of hydrogen-bond donors (Lipinski definition) is 1. The highest BCUT2D eigenvalue weighted by Gasteiger charge is 2.10. The first-order chi connectivity index (χ1) is 14.6. The Hall–Kier alpha value is -3.32. The van der Waals surface area contributed by atoms with Gasteiger partial charge in [-0.25, -0.2) is 9.97 Å². The van der Waals surface area contributed by atoms with Crippen molar-refractivity contribution in [3.8, 4) is 17.1 Å². The number of carbonyl (C=O) groups excluding carboxylic acids is 1. The molecule has 0 saturated carbocycles. The van der Waals surface area contributed by atoms with Gasteiger partial charge >= 0.3 is 0 Å². The van der Waals surface area contributed by atoms with E-state index >= 15 is 0 Å². The molecule has 0 fully saturated rings. The molecule has 2 aromatic carbocycles. The third kappa shape index (κ3) is 4.46. The molecule has 6 nitrogen and oxygen atoms in total. The number of oxazole rings is 1. The van der Waals surface area contributed by atoms with Crippen LogP contribution in [0.3, 0.4) is 0 Å². The van der Waals surface area contributed by atoms with E-state index in [1.165, 1.54) is 5.56 Å². The molecule has 2 aromatic heterocycles. The third-order valence-corrected chi connectivity index (χ3v) is 5.36. The molecule has 1 N–H and O–H groups in total. The number of nitrogens with zero attached hydrogens (tertiary/aromatic N) is 3. The van der Waals surface area contributed by atoms with Gasteiger partial charge in [0.25, 0.3) is 5.91 Å². The van der Waals surface area contributed by atoms with Crippen molar-refractivity contribution in [2.24, 2.45) is 0 Å². The monoisotopic (exact) mass is 418 g/mol. The van der Waals surface area contributed by atoms with Crippen molar-refractivity contribution in [1.29, 1.82) is 0 Å². The summed E-state index contributed by atoms with van der Waals surface area (Å²) in [5, 5.41) is 3.83. The van der Waals surface area contributed by atoms with Crippen LogP contribution < -0.4 is 5.32 Å². The maximum atomic E-state index is 12.6. The van der Waals surface area contributed by atoms with Crippen molar-refractivity contribution in [2.75, 3.05) is 12.8 Å². The lowest BCUT2D eigenvalue weighted by molar-refractivity contribution is 0.0954. The molecule has 0 spiro atoms. The van der Waals surface area contributed by atoms with Gasteiger partial charge in [-0.15, -0.1) is 0 Å². The summed E-state index contributed by atoms with van der Waals surface area (Å²) >= 11 is 1.56. The van der Waals surface area contributed by atoms with E-state index in [1.54, 1.807) is 30.3 Å². The number of benzene rings is 2. The second-order valence-corrected chi connectivity index (χ2v) is 7.62. The predicted octanol–water partition coefficient (Wildman–Crippen LogP) is 4.53. The van der Waals surface area contributed by atoms with E-state index in [9.17, 15) is 4.79 Å². The first kappa shape index (κ1) is 20.0. The Morgan fingerprint density at radius 1 is 1.20 bits per heavy atom. The van der Waals surface area contributed by atoms with Gasteiger partial charge in [0.05, 0.1) is 5.69 Å². The van der Waals surface area contributed by atoms with Crippen molar-refractivity contribution >= 4 is 17.7 Å². The Labute approximate surface area is 179 Å². The van der Waals surface area contributed by atoms with Gasteiger partial charge in [-0.1, -0.05) is 35.5 Å². The zero-order valence-corrected chi connectivity index (χ0v) is 17.6. The lowest BCUT2D eigenvalue weighted by Gasteiger charge is -2.09. The first-order valence-corrected chi connectivity index (χ1v) is 10.8. The topological polar surface area (TPSA) is 73.0 Å². The molecule has 0 saturated heterocycles. The van der Waals surface area contributed by atoms with Crippen LogP contribution in [0.15, 0.2) is 76.8 Å². The first-order valence-electron chi connectivity index (χ1n) is 9.61. The minimum absolute atomic E-state index is 0.120. The number of hydrogen-bond acceptors (Lipinski definition) is 5. The summed E-state index contributed by atoms with van der Waals surface area (Å²) in [6.07, 6.45) is 7.86. The number of thioether (sulfide) groups is 1. The number of rotatable bonds is 7. The highest BCUT2D eigenvalue weighted by molar-refractivity contribution is 7.98. The fraction of sp³-hybridized carbons (Fsp3) is 0.174. The lowest BCUT2D eigenvalue weighted by atomic mass is 10.1. The van der Waals surface area contributed by atoms with Gasteiger partial charge < -0.3 is 9.73 Å². The van der Waals surface area contributed by atoms with Crippen molar-refractivity contribution in [1.82, 2.24) is 19.9 Å². The number of nitrogens with one attached hydrogen (secondary N) is 1. The maximum absolute atomic E-state index is 12.6. The molecular weight excluding hydrogens is 396 g/mol. The second kappa shape index (κ2) is 9.00. The van der Waals surface area contributed by atoms with E-state index in [-0.39, 0.29) is 5.91 Å². The van der Waals surface area contributed by atoms with Gasteiger partial charge in [0.2, 0.25) is 5.89 Å². The highest BCUT2D eigenvalue weighted by atomic mass is 32.2. The normalized spacial score (nSPS) is 10.9. The van der Waals surface area contributed by atoms with Crippen LogP contribution in [0.25, 0.3) is 17.1 Å². The molecule has 0 aliphatic carbocycles. The molecule has 0 radical (unpaired) electrons. The molecule has 4 aromatic rings. The smallest absolute Gasteiger partial charge is 0.251 e. The quantitative estimate of drug-likeness (QED) is 0.447. The molecule has 0 aliphatic rings. The van der Waals surface area contributed by atoms with Crippen LogP contribution >= 0.6 is 11.8 Å². The Bertz CT molecular complexity index is 1150. The van der Waals surface area contributed by atoms with E-state index in [2.05, 4.69) is 15.3 Å². The van der Waals surface area contributed by atoms with Crippen LogP contribution in [0.4, 0.5) is 0 Å². The molecule has 0 unspecified atom stereocenters. The molecule has 4 rings (SSSR count). The van der Waals surface area contributed by atoms with Gasteiger partial charge in [0.15, 0.2) is 5.16 Å². The molecule has 2 heterocycles. The number of imidazole rings is 1. The standard InChI is InChI=1S/C23H22N4O2S/c1-16-6-8-17(9-7-16)22-26-19(15-29-22)10-11-24-21(28)18-4-3-5-20(14-18)27-13-12-25-23(27)30-2/h3-9,12-15H,10-11H2,1-2H3,(H,24,28). The summed E-state index contributed by atoms with van der Waals surface area (Å²) in [6, 6.07) is 15.5. The minimum Gasteiger partial charge on any atom is -0.444 e. The fourth-order valence-electron chi connectivity index (χ4n) is 3.09. The van der Waals surface area contributed by atoms with E-state index in [0.29, 0.717) is 24.4 Å². The fourth-order valence-corrected chi connectivity index (χ4v) is 3.62. The largest absolute Gasteiger partial charge is 0.444 e. The van der Waals surface area contributed by atoms with E-state index in [0.717, 1.165) is 22.1 Å². The Morgan fingerprint density at radius 3 is 2.83 bits per heavy atom. The minimum atomic E-state index is -0.120. The molecule has 30 heavy (non-hydrogen) atoms. The number of aromatic nitrogens is 3. The summed E-state index contributed by atoms with van der Waals surface area (Å²) in [5.74, 6) is 0.471. The van der Waals surface area contributed by atoms with Gasteiger partial charge in [0, 0.05) is 42.2 Å². The molecule has 0 bridgehead atoms. The molecule has 152 valence electrons. The summed E-state index contributed by atoms with van der Waals surface area (Å²) in [5.41, 5.74) is 4.45. The van der Waals surface area contributed by atoms with E-state index in [1.807, 2.05) is 66.4 Å². The van der Waals surface area contributed by atoms with Crippen molar-refractivity contribution in [2.45, 2.75) is 18.5 Å². The zero-order valence-electron chi connectivity index (χ0n) is 16.8. The molecule has 1 amide bonds. The SMILES string of the molecule is CSc1nccn1-c1cccc(C(=O)NCCc2coc(-c3ccc(C)cc3)n2)c1. The Morgan fingerprint density at radius 2 is 2.03 bits per heavy atom. The number of carbonyl (C=O) groups is 1. The maximum Gasteiger partial charge on any atom is 0.251 e. The zero-order chi connectivity index (χ0) is 20.9. The van der Waals surface area contributed by atoms with E-state index in [4.69, 9.17) is 4.42 Å². The van der Waals surface area contributed by atoms with E-state index < -0.39 is 0 Å². The van der Waals surface area contributed by atoms with Crippen LogP contribution in [0, 0.1) is 6.92 Å². The Kier molecular flexibility index (Phi) is 5.99. The van der Waals surface area contributed by atoms with Crippen LogP contribution in [-0.4, -0.2) is 33.2 Å². The summed E-state index contributed by atoms with van der Waals surface area (Å²) in [7, 11) is 0. The van der Waals surface area contributed by atoms with Gasteiger partial charge in [0.1, 0.15) is 6.26 Å². The van der Waals surface area contributed by atoms with Crippen LogP contribution in [-0.2, 0) is 6.42 Å². The number of amides is 1. The van der Waals surface area contributed by atoms with Crippen LogP contribution in [0.2, 0.25) is 0 Å². The van der Waals surface area contributed by atoms with Crippen molar-refractivity contribution < 1.29 is 9.21 Å². The van der Waals surface area contributed by atoms with Crippen LogP contribution in [0.5, 0.6) is 0 Å². The highest BCUT2D eigenvalue weighted by Crippen LogP contribution is 2.20. The molecule has 0 atom stereocenters. The predicted molar refractivity (Wildman–Crippen MR) is 118 cm³/mol. The average molecular weight is 419 g/mol. The van der Waals surface area contributed by atoms with Gasteiger partial charge in [-0.05, 0) is 43.5 Å². The molecule has 0 aliphatic heterocycles. The molecule has 7 heteroatoms. The summed E-state index contributed by atoms with van der Waals surface area (Å²) in [4.78, 5) is 21.4. The summed E-state index contributed by atoms with van der Waals surface area (Å²) < 4.78 is 7.54. The average Bonchev–Trinajstić information content (AvgIpc) is 3.44. The lowest BCUT2D eigenvalue weighted by Crippen LogP contribution is -2.25. The number of aryl methyl sites for hydroxylation is 1. The third-order valence-electron chi connectivity index (χ3n) is 4.69. The van der Waals surface area contributed by atoms with Crippen molar-refractivity contribution in [3.05, 3.63) is 84.0 Å². The Balaban J connectivity index is 1.36. The van der Waals surface area contributed by atoms with Gasteiger partial charge in [-0.3, -0.25) is 9.36 Å². The molecular formula is C23H22N4O2S. The summed E-state index contributed by atoms with van der Waals surface area (Å²) in [6.45, 7) is 2.52. The van der Waals surface area contributed by atoms with Gasteiger partial charge in [-0.2, -0.15) is 0 Å².